The van der Waals surface area contributed by atoms with Gasteiger partial charge in [0, 0.05) is 48.9 Å². The molecule has 1 saturated heterocycles. The van der Waals surface area contributed by atoms with E-state index in [1.165, 1.54) is 0 Å². The molecule has 0 unspecified atom stereocenters. The number of carbonyl (C=O) groups excluding carboxylic acids is 2. The van der Waals surface area contributed by atoms with Crippen molar-refractivity contribution in [3.63, 3.8) is 0 Å². The van der Waals surface area contributed by atoms with E-state index in [-0.39, 0.29) is 22.6 Å². The van der Waals surface area contributed by atoms with Crippen molar-refractivity contribution in [2.75, 3.05) is 36.8 Å². The zero-order valence-corrected chi connectivity index (χ0v) is 28.4. The number of fused-ring (bicyclic) bond motifs is 1. The first-order valence-corrected chi connectivity index (χ1v) is 17.5. The third-order valence-corrected chi connectivity index (χ3v) is 9.88. The molecular weight excluding hydrogens is 662 g/mol. The lowest BCUT2D eigenvalue weighted by atomic mass is 10.0. The molecule has 0 bridgehead atoms. The molecule has 1 aromatic heterocycles. The first-order chi connectivity index (χ1) is 23.8. The summed E-state index contributed by atoms with van der Waals surface area (Å²) < 4.78 is 6.51. The second-order valence-electron chi connectivity index (χ2n) is 12.0. The molecule has 0 saturated carbocycles. The van der Waals surface area contributed by atoms with Crippen molar-refractivity contribution < 1.29 is 19.4 Å². The molecule has 5 N–H and O–H groups in total. The highest BCUT2D eigenvalue weighted by molar-refractivity contribution is 7.16. The van der Waals surface area contributed by atoms with Crippen LogP contribution in [0.25, 0.3) is 21.3 Å². The van der Waals surface area contributed by atoms with Gasteiger partial charge in [-0.15, -0.1) is 0 Å². The van der Waals surface area contributed by atoms with Gasteiger partial charge in [-0.1, -0.05) is 83.6 Å². The number of hydrogen-bond acceptors (Lipinski definition) is 8. The van der Waals surface area contributed by atoms with Crippen LogP contribution in [-0.4, -0.2) is 59.3 Å². The second kappa shape index (κ2) is 16.1. The maximum atomic E-state index is 12.7. The largest absolute Gasteiger partial charge is 0.506 e. The summed E-state index contributed by atoms with van der Waals surface area (Å²) in [7, 11) is 0. The number of phenols is 1. The Morgan fingerprint density at radius 1 is 0.959 bits per heavy atom. The highest BCUT2D eigenvalue weighted by atomic mass is 35.5. The average molecular weight is 700 g/mol. The summed E-state index contributed by atoms with van der Waals surface area (Å²) in [6.45, 7) is 3.28. The predicted molar refractivity (Wildman–Crippen MR) is 196 cm³/mol. The van der Waals surface area contributed by atoms with Gasteiger partial charge in [-0.2, -0.15) is 0 Å². The molecule has 10 nitrogen and oxygen atoms in total. The molecule has 2 amide bonds. The number of para-hydroxylation sites is 1. The smallest absolute Gasteiger partial charge is 0.411 e. The molecule has 254 valence electrons. The summed E-state index contributed by atoms with van der Waals surface area (Å²) >= 11 is 7.63. The number of aromatic hydroxyl groups is 1. The van der Waals surface area contributed by atoms with E-state index >= 15 is 0 Å². The van der Waals surface area contributed by atoms with E-state index in [2.05, 4.69) is 25.8 Å². The highest BCUT2D eigenvalue weighted by Gasteiger charge is 2.23. The third kappa shape index (κ3) is 9.07. The monoisotopic (exact) mass is 699 g/mol. The molecule has 1 aliphatic heterocycles. The molecular formula is C37H38ClN5O5S. The van der Waals surface area contributed by atoms with Crippen molar-refractivity contribution >= 4 is 56.5 Å². The number of nitrogens with zero attached hydrogens (tertiary/aromatic N) is 1. The van der Waals surface area contributed by atoms with Gasteiger partial charge in [0.2, 0.25) is 5.91 Å². The van der Waals surface area contributed by atoms with E-state index < -0.39 is 6.09 Å². The summed E-state index contributed by atoms with van der Waals surface area (Å²) in [4.78, 5) is 41.9. The molecule has 2 heterocycles. The molecule has 5 aromatic rings. The Morgan fingerprint density at radius 3 is 2.51 bits per heavy atom. The van der Waals surface area contributed by atoms with Gasteiger partial charge in [0.25, 0.3) is 0 Å². The van der Waals surface area contributed by atoms with Gasteiger partial charge in [0.15, 0.2) is 0 Å². The lowest BCUT2D eigenvalue weighted by Crippen LogP contribution is -2.39. The van der Waals surface area contributed by atoms with Crippen LogP contribution < -0.4 is 20.8 Å². The highest BCUT2D eigenvalue weighted by Crippen LogP contribution is 2.29. The number of rotatable bonds is 12. The number of H-pyrrole nitrogens is 1. The maximum absolute atomic E-state index is 12.7. The van der Waals surface area contributed by atoms with E-state index in [0.717, 1.165) is 51.4 Å². The van der Waals surface area contributed by atoms with Gasteiger partial charge in [0.05, 0.1) is 10.4 Å². The Labute approximate surface area is 293 Å². The lowest BCUT2D eigenvalue weighted by Gasteiger charge is -2.31. The SMILES string of the molecule is O=C(CCN1CCC(OC(=O)Nc2ccccc2-c2ccccc2)CC1)Nc1ccc(CNCCc2ccc(O)c3[nH]c(=O)sc23)c(Cl)c1. The van der Waals surface area contributed by atoms with Crippen LogP contribution in [0.5, 0.6) is 5.75 Å². The molecule has 0 atom stereocenters. The third-order valence-electron chi connectivity index (χ3n) is 8.57. The second-order valence-corrected chi connectivity index (χ2v) is 13.4. The predicted octanol–water partition coefficient (Wildman–Crippen LogP) is 6.99. The van der Waals surface area contributed by atoms with E-state index in [9.17, 15) is 19.5 Å². The molecule has 1 aliphatic rings. The molecule has 0 aliphatic carbocycles. The number of amides is 2. The van der Waals surface area contributed by atoms with Gasteiger partial charge >= 0.3 is 11.0 Å². The Kier molecular flexibility index (Phi) is 11.3. The van der Waals surface area contributed by atoms with E-state index in [1.54, 1.807) is 12.1 Å². The van der Waals surface area contributed by atoms with Gasteiger partial charge in [-0.05, 0) is 66.8 Å². The fourth-order valence-electron chi connectivity index (χ4n) is 5.97. The van der Waals surface area contributed by atoms with Crippen molar-refractivity contribution in [2.45, 2.75) is 38.3 Å². The minimum Gasteiger partial charge on any atom is -0.506 e. The van der Waals surface area contributed by atoms with Crippen LogP contribution in [0.3, 0.4) is 0 Å². The zero-order chi connectivity index (χ0) is 34.2. The zero-order valence-electron chi connectivity index (χ0n) is 26.8. The number of thiazole rings is 1. The van der Waals surface area contributed by atoms with Crippen LogP contribution in [-0.2, 0) is 22.5 Å². The number of nitrogens with one attached hydrogen (secondary N) is 4. The number of benzene rings is 4. The van der Waals surface area contributed by atoms with Crippen LogP contribution in [0.15, 0.2) is 89.7 Å². The normalized spacial score (nSPS) is 13.7. The molecule has 0 radical (unpaired) electrons. The molecule has 4 aromatic carbocycles. The fourth-order valence-corrected chi connectivity index (χ4v) is 7.12. The summed E-state index contributed by atoms with van der Waals surface area (Å²) in [6.07, 6.45) is 1.78. The number of hydrogen-bond donors (Lipinski definition) is 5. The summed E-state index contributed by atoms with van der Waals surface area (Å²) in [6, 6.07) is 26.5. The number of ether oxygens (including phenoxy) is 1. The minimum absolute atomic E-state index is 0.0689. The topological polar surface area (TPSA) is 136 Å². The summed E-state index contributed by atoms with van der Waals surface area (Å²) in [5.74, 6) is -0.0246. The van der Waals surface area contributed by atoms with Crippen molar-refractivity contribution in [2.24, 2.45) is 0 Å². The Morgan fingerprint density at radius 2 is 1.71 bits per heavy atom. The number of carbonyl (C=O) groups is 2. The molecule has 6 rings (SSSR count). The molecule has 12 heteroatoms. The number of aromatic nitrogens is 1. The van der Waals surface area contributed by atoms with Crippen LogP contribution in [0.2, 0.25) is 5.02 Å². The summed E-state index contributed by atoms with van der Waals surface area (Å²) in [5.41, 5.74) is 5.66. The van der Waals surface area contributed by atoms with Crippen LogP contribution >= 0.6 is 22.9 Å². The van der Waals surface area contributed by atoms with Crippen molar-refractivity contribution in [1.82, 2.24) is 15.2 Å². The molecule has 1 fully saturated rings. The number of phenolic OH excluding ortho intramolecular Hbond substituents is 1. The van der Waals surface area contributed by atoms with E-state index in [0.29, 0.717) is 67.2 Å². The average Bonchev–Trinajstić information content (AvgIpc) is 3.51. The standard InChI is InChI=1S/C37H38ClN5O5S/c38-30-22-27(12-10-26(30)23-39-18-14-25-11-13-32(44)34-35(25)49-37(47)42-34)40-33(45)17-21-43-19-15-28(16-20-43)48-36(46)41-31-9-5-4-8-29(31)24-6-2-1-3-7-24/h1-13,22,28,39,44H,14-21,23H2,(H,40,45)(H,41,46)(H,42,47). The number of likely N-dealkylation sites (tertiary alicyclic amines) is 1. The first-order valence-electron chi connectivity index (χ1n) is 16.3. The van der Waals surface area contributed by atoms with Crippen molar-refractivity contribution in [3.8, 4) is 16.9 Å². The Bertz CT molecular complexity index is 1970. The van der Waals surface area contributed by atoms with Gasteiger partial charge < -0.3 is 30.4 Å². The first kappa shape index (κ1) is 34.2. The van der Waals surface area contributed by atoms with Gasteiger partial charge in [-0.25, -0.2) is 4.79 Å². The Hall–Kier alpha value is -4.68. The maximum Gasteiger partial charge on any atom is 0.411 e. The number of aromatic amines is 1. The molecule has 0 spiro atoms. The van der Waals surface area contributed by atoms with Crippen LogP contribution in [0, 0.1) is 0 Å². The minimum atomic E-state index is -0.464. The van der Waals surface area contributed by atoms with Gasteiger partial charge in [0.1, 0.15) is 17.4 Å². The van der Waals surface area contributed by atoms with Crippen molar-refractivity contribution in [3.05, 3.63) is 111 Å². The van der Waals surface area contributed by atoms with E-state index in [1.807, 2.05) is 72.8 Å². The lowest BCUT2D eigenvalue weighted by molar-refractivity contribution is -0.116. The molecule has 49 heavy (non-hydrogen) atoms. The van der Waals surface area contributed by atoms with Crippen LogP contribution in [0.1, 0.15) is 30.4 Å². The summed E-state index contributed by atoms with van der Waals surface area (Å²) in [5, 5.41) is 19.8. The quantitative estimate of drug-likeness (QED) is 0.0886. The fraction of sp³-hybridized carbons (Fsp3) is 0.270. The van der Waals surface area contributed by atoms with E-state index in [4.69, 9.17) is 16.3 Å². The number of anilines is 2. The number of halogens is 1. The van der Waals surface area contributed by atoms with Crippen LogP contribution in [0.4, 0.5) is 16.2 Å². The number of piperidine rings is 1. The Balaban J connectivity index is 0.890. The van der Waals surface area contributed by atoms with Crippen molar-refractivity contribution in [1.29, 1.82) is 0 Å². The van der Waals surface area contributed by atoms with Gasteiger partial charge in [-0.3, -0.25) is 14.9 Å².